The Hall–Kier alpha value is -0.780. The molecule has 0 amide bonds. The molecule has 0 spiro atoms. The van der Waals surface area contributed by atoms with Crippen molar-refractivity contribution in [1.82, 2.24) is 0 Å². The summed E-state index contributed by atoms with van der Waals surface area (Å²) >= 11 is 0. The smallest absolute Gasteiger partial charge is 0.0250 e. The summed E-state index contributed by atoms with van der Waals surface area (Å²) < 4.78 is 0. The second kappa shape index (κ2) is 17.1. The lowest BCUT2D eigenvalue weighted by atomic mass is 9.79. The highest BCUT2D eigenvalue weighted by atomic mass is 14.3. The van der Waals surface area contributed by atoms with Gasteiger partial charge in [0.15, 0.2) is 0 Å². The number of hydrogen-bond donors (Lipinski definition) is 0. The highest BCUT2D eigenvalue weighted by Gasteiger charge is 2.19. The van der Waals surface area contributed by atoms with Crippen LogP contribution in [0.5, 0.6) is 0 Å². The molecule has 1 aromatic rings. The van der Waals surface area contributed by atoms with Crippen molar-refractivity contribution < 1.29 is 0 Å². The van der Waals surface area contributed by atoms with Crippen molar-refractivity contribution in [2.24, 2.45) is 23.7 Å². The van der Waals surface area contributed by atoms with Crippen LogP contribution in [0.3, 0.4) is 0 Å². The first-order chi connectivity index (χ1) is 13.7. The van der Waals surface area contributed by atoms with E-state index < -0.39 is 0 Å². The third-order valence-electron chi connectivity index (χ3n) is 6.34. The van der Waals surface area contributed by atoms with Crippen molar-refractivity contribution in [3.63, 3.8) is 0 Å². The van der Waals surface area contributed by atoms with Gasteiger partial charge in [-0.2, -0.15) is 0 Å². The van der Waals surface area contributed by atoms with Crippen LogP contribution in [-0.4, -0.2) is 0 Å². The van der Waals surface area contributed by atoms with Gasteiger partial charge in [0.05, 0.1) is 0 Å². The molecule has 0 nitrogen and oxygen atoms in total. The topological polar surface area (TPSA) is 0 Å². The first-order valence-electron chi connectivity index (χ1n) is 12.8. The molecule has 0 heteroatoms. The molecule has 0 aromatic heterocycles. The minimum Gasteiger partial charge on any atom is -0.0683 e. The van der Waals surface area contributed by atoms with Crippen molar-refractivity contribution in [3.05, 3.63) is 35.4 Å². The van der Waals surface area contributed by atoms with Gasteiger partial charge in [0.1, 0.15) is 0 Å². The second-order valence-electron chi connectivity index (χ2n) is 8.48. The molecule has 0 unspecified atom stereocenters. The standard InChI is InChI=1S/C22H34.3C2H6/c1-17-3-7-19(8-4-17)15-21-11-13-22(14-12-21)16-20-9-5-18(2)6-10-20;3*1-2/h11-14,17-20H,3-10,15-16H2,1-2H3;3*1-2H3. The molecule has 3 rings (SSSR count). The van der Waals surface area contributed by atoms with Gasteiger partial charge in [-0.15, -0.1) is 0 Å². The van der Waals surface area contributed by atoms with Crippen LogP contribution in [-0.2, 0) is 12.8 Å². The van der Waals surface area contributed by atoms with E-state index in [9.17, 15) is 0 Å². The Kier molecular flexibility index (Phi) is 16.6. The van der Waals surface area contributed by atoms with Crippen LogP contribution in [0.4, 0.5) is 0 Å². The molecule has 1 aromatic carbocycles. The minimum atomic E-state index is 0.946. The van der Waals surface area contributed by atoms with Crippen molar-refractivity contribution in [2.45, 2.75) is 120 Å². The molecule has 28 heavy (non-hydrogen) atoms. The van der Waals surface area contributed by atoms with Gasteiger partial charge in [0.25, 0.3) is 0 Å². The van der Waals surface area contributed by atoms with Crippen molar-refractivity contribution in [2.75, 3.05) is 0 Å². The van der Waals surface area contributed by atoms with Gasteiger partial charge in [0, 0.05) is 0 Å². The van der Waals surface area contributed by atoms with Gasteiger partial charge in [-0.25, -0.2) is 0 Å². The zero-order chi connectivity index (χ0) is 21.4. The number of rotatable bonds is 4. The van der Waals surface area contributed by atoms with E-state index in [1.54, 1.807) is 11.1 Å². The quantitative estimate of drug-likeness (QED) is 0.481. The van der Waals surface area contributed by atoms with Gasteiger partial charge >= 0.3 is 0 Å². The van der Waals surface area contributed by atoms with Crippen LogP contribution >= 0.6 is 0 Å². The fraction of sp³-hybridized carbons (Fsp3) is 0.786. The van der Waals surface area contributed by atoms with Gasteiger partial charge in [-0.1, -0.05) is 105 Å². The summed E-state index contributed by atoms with van der Waals surface area (Å²) in [4.78, 5) is 0. The van der Waals surface area contributed by atoms with Gasteiger partial charge < -0.3 is 0 Å². The molecule has 0 radical (unpaired) electrons. The average molecular weight is 389 g/mol. The maximum atomic E-state index is 2.42. The Morgan fingerprint density at radius 1 is 0.500 bits per heavy atom. The molecule has 0 heterocycles. The van der Waals surface area contributed by atoms with Crippen molar-refractivity contribution >= 4 is 0 Å². The average Bonchev–Trinajstić information content (AvgIpc) is 2.77. The fourth-order valence-electron chi connectivity index (χ4n) is 4.54. The lowest BCUT2D eigenvalue weighted by Gasteiger charge is -2.27. The van der Waals surface area contributed by atoms with E-state index in [4.69, 9.17) is 0 Å². The first kappa shape index (κ1) is 27.2. The maximum Gasteiger partial charge on any atom is -0.0250 e. The summed E-state index contributed by atoms with van der Waals surface area (Å²) in [5.74, 6) is 3.83. The third kappa shape index (κ3) is 10.7. The Morgan fingerprint density at radius 3 is 1.00 bits per heavy atom. The van der Waals surface area contributed by atoms with E-state index in [-0.39, 0.29) is 0 Å². The molecule has 0 bridgehead atoms. The lowest BCUT2D eigenvalue weighted by molar-refractivity contribution is 0.288. The summed E-state index contributed by atoms with van der Waals surface area (Å²) in [6.07, 6.45) is 14.2. The van der Waals surface area contributed by atoms with E-state index in [1.807, 2.05) is 41.5 Å². The van der Waals surface area contributed by atoms with Crippen LogP contribution in [0.15, 0.2) is 24.3 Å². The molecule has 2 fully saturated rings. The Balaban J connectivity index is 0.00000111. The predicted octanol–water partition coefficient (Wildman–Crippen LogP) is 9.50. The van der Waals surface area contributed by atoms with E-state index in [2.05, 4.69) is 38.1 Å². The highest BCUT2D eigenvalue weighted by molar-refractivity contribution is 5.23. The highest BCUT2D eigenvalue weighted by Crippen LogP contribution is 2.32. The summed E-state index contributed by atoms with van der Waals surface area (Å²) in [7, 11) is 0. The first-order valence-corrected chi connectivity index (χ1v) is 12.8. The molecular weight excluding hydrogens is 336 g/mol. The van der Waals surface area contributed by atoms with E-state index in [1.165, 1.54) is 64.2 Å². The van der Waals surface area contributed by atoms with E-state index in [0.717, 1.165) is 23.7 Å². The SMILES string of the molecule is CC.CC.CC.CC1CCC(Cc2ccc(CC3CCC(C)CC3)cc2)CC1. The van der Waals surface area contributed by atoms with Crippen LogP contribution in [0.1, 0.15) is 118 Å². The number of benzene rings is 1. The summed E-state index contributed by atoms with van der Waals surface area (Å²) in [5, 5.41) is 0. The molecule has 2 aliphatic rings. The lowest BCUT2D eigenvalue weighted by Crippen LogP contribution is -2.15. The van der Waals surface area contributed by atoms with Crippen LogP contribution in [0.2, 0.25) is 0 Å². The summed E-state index contributed by atoms with van der Waals surface area (Å²) in [6, 6.07) is 9.66. The van der Waals surface area contributed by atoms with Gasteiger partial charge in [-0.3, -0.25) is 0 Å². The molecule has 0 atom stereocenters. The minimum absolute atomic E-state index is 0.946. The molecule has 164 valence electrons. The zero-order valence-corrected chi connectivity index (χ0v) is 20.7. The summed E-state index contributed by atoms with van der Waals surface area (Å²) in [5.41, 5.74) is 3.14. The predicted molar refractivity (Wildman–Crippen MR) is 130 cm³/mol. The fourth-order valence-corrected chi connectivity index (χ4v) is 4.54. The Bertz CT molecular complexity index is 385. The van der Waals surface area contributed by atoms with Crippen LogP contribution < -0.4 is 0 Å². The Labute approximate surface area is 178 Å². The van der Waals surface area contributed by atoms with Crippen molar-refractivity contribution in [3.8, 4) is 0 Å². The Morgan fingerprint density at radius 2 is 0.750 bits per heavy atom. The van der Waals surface area contributed by atoms with Crippen LogP contribution in [0, 0.1) is 23.7 Å². The largest absolute Gasteiger partial charge is 0.0683 e. The molecule has 0 N–H and O–H groups in total. The summed E-state index contributed by atoms with van der Waals surface area (Å²) in [6.45, 7) is 16.8. The van der Waals surface area contributed by atoms with Gasteiger partial charge in [0.2, 0.25) is 0 Å². The van der Waals surface area contributed by atoms with E-state index >= 15 is 0 Å². The van der Waals surface area contributed by atoms with Gasteiger partial charge in [-0.05, 0) is 73.3 Å². The maximum absolute atomic E-state index is 2.42. The third-order valence-corrected chi connectivity index (χ3v) is 6.34. The van der Waals surface area contributed by atoms with Crippen molar-refractivity contribution in [1.29, 1.82) is 0 Å². The molecule has 2 aliphatic carbocycles. The second-order valence-corrected chi connectivity index (χ2v) is 8.48. The molecular formula is C28H52. The molecule has 2 saturated carbocycles. The molecule has 0 saturated heterocycles. The number of hydrogen-bond acceptors (Lipinski definition) is 0. The van der Waals surface area contributed by atoms with Crippen LogP contribution in [0.25, 0.3) is 0 Å². The monoisotopic (exact) mass is 388 g/mol. The van der Waals surface area contributed by atoms with E-state index in [0.29, 0.717) is 0 Å². The zero-order valence-electron chi connectivity index (χ0n) is 20.7. The molecule has 0 aliphatic heterocycles. The normalized spacial score (nSPS) is 26.4.